The number of benzene rings is 5. The molecule has 0 fully saturated rings. The van der Waals surface area contributed by atoms with Crippen molar-refractivity contribution < 1.29 is 38.0 Å². The second-order valence-corrected chi connectivity index (χ2v) is 20.4. The van der Waals surface area contributed by atoms with E-state index in [4.69, 9.17) is 46.0 Å². The summed E-state index contributed by atoms with van der Waals surface area (Å²) in [7, 11) is 3.27. The number of amides is 2. The smallest absolute Gasteiger partial charge is 0.256 e. The number of ether oxygens (including phenoxy) is 6. The Hall–Kier alpha value is -5.86. The highest BCUT2D eigenvalue weighted by Gasteiger charge is 2.35. The molecule has 5 aromatic rings. The minimum atomic E-state index is -0.330. The van der Waals surface area contributed by atoms with Crippen LogP contribution in [0.25, 0.3) is 0 Å². The number of rotatable bonds is 19. The zero-order chi connectivity index (χ0) is 48.1. The summed E-state index contributed by atoms with van der Waals surface area (Å²) < 4.78 is 35.7. The summed E-state index contributed by atoms with van der Waals surface area (Å²) in [5, 5.41) is 0. The average Bonchev–Trinajstić information content (AvgIpc) is 3.56. The number of hydrogen-bond donors (Lipinski definition) is 1. The van der Waals surface area contributed by atoms with Crippen molar-refractivity contribution in [3.05, 3.63) is 147 Å². The van der Waals surface area contributed by atoms with E-state index in [0.717, 1.165) is 53.6 Å². The molecule has 0 aromatic heterocycles. The Morgan fingerprint density at radius 1 is 0.696 bits per heavy atom. The Labute approximate surface area is 411 Å². The summed E-state index contributed by atoms with van der Waals surface area (Å²) in [5.74, 6) is 1.76. The molecular formula is C56H64N4O8S. The van der Waals surface area contributed by atoms with Gasteiger partial charge in [-0.3, -0.25) is 14.6 Å². The SMILES string of the molecule is COCCOCCOCCN(CC(C)(C)S)c1cc(COc2cc3c(cc2C)C(=O)N2Cc4ccccc4C[C@H]2C=N3)cc(COc2cc3c(cc2OC)C(=O)N2Cc4ccccc4C[C@H]2CC3)c1. The van der Waals surface area contributed by atoms with Crippen LogP contribution in [0.3, 0.4) is 0 Å². The summed E-state index contributed by atoms with van der Waals surface area (Å²) in [6.45, 7) is 11.6. The largest absolute Gasteiger partial charge is 0.493 e. The minimum absolute atomic E-state index is 0.0247. The van der Waals surface area contributed by atoms with Crippen molar-refractivity contribution in [2.75, 3.05) is 65.2 Å². The summed E-state index contributed by atoms with van der Waals surface area (Å²) in [4.78, 5) is 39.4. The maximum absolute atomic E-state index is 14.2. The lowest BCUT2D eigenvalue weighted by molar-refractivity contribution is 0.0264. The van der Waals surface area contributed by atoms with Crippen LogP contribution in [-0.4, -0.2) is 105 Å². The molecule has 0 radical (unpaired) electrons. The predicted octanol–water partition coefficient (Wildman–Crippen LogP) is 9.15. The van der Waals surface area contributed by atoms with Gasteiger partial charge in [-0.2, -0.15) is 12.6 Å². The highest BCUT2D eigenvalue weighted by molar-refractivity contribution is 7.81. The van der Waals surface area contributed by atoms with Gasteiger partial charge in [0.15, 0.2) is 11.5 Å². The summed E-state index contributed by atoms with van der Waals surface area (Å²) in [6.07, 6.45) is 5.11. The monoisotopic (exact) mass is 952 g/mol. The summed E-state index contributed by atoms with van der Waals surface area (Å²) in [6, 6.07) is 30.8. The number of hydrogen-bond acceptors (Lipinski definition) is 11. The maximum Gasteiger partial charge on any atom is 0.256 e. The van der Waals surface area contributed by atoms with Crippen molar-refractivity contribution in [3.8, 4) is 17.2 Å². The minimum Gasteiger partial charge on any atom is -0.493 e. The molecule has 4 aliphatic rings. The molecule has 0 spiro atoms. The number of aryl methyl sites for hydroxylation is 2. The Morgan fingerprint density at radius 2 is 1.33 bits per heavy atom. The molecule has 0 N–H and O–H groups in total. The first-order valence-corrected chi connectivity index (χ1v) is 24.5. The van der Waals surface area contributed by atoms with E-state index in [2.05, 4.69) is 67.3 Å². The lowest BCUT2D eigenvalue weighted by atomic mass is 9.92. The van der Waals surface area contributed by atoms with E-state index in [1.54, 1.807) is 14.2 Å². The number of methoxy groups -OCH3 is 2. The van der Waals surface area contributed by atoms with E-state index < -0.39 is 0 Å². The lowest BCUT2D eigenvalue weighted by Gasteiger charge is -2.35. The van der Waals surface area contributed by atoms with Crippen molar-refractivity contribution in [2.45, 2.75) is 89.6 Å². The molecule has 362 valence electrons. The van der Waals surface area contributed by atoms with Crippen LogP contribution in [0.5, 0.6) is 17.2 Å². The summed E-state index contributed by atoms with van der Waals surface area (Å²) >= 11 is 4.96. The zero-order valence-electron chi connectivity index (χ0n) is 40.5. The third-order valence-electron chi connectivity index (χ3n) is 13.5. The van der Waals surface area contributed by atoms with Crippen molar-refractivity contribution in [1.29, 1.82) is 0 Å². The van der Waals surface area contributed by atoms with Crippen molar-refractivity contribution in [3.63, 3.8) is 0 Å². The van der Waals surface area contributed by atoms with Crippen molar-refractivity contribution in [2.24, 2.45) is 4.99 Å². The van der Waals surface area contributed by atoms with Gasteiger partial charge in [0.25, 0.3) is 11.8 Å². The van der Waals surface area contributed by atoms with Gasteiger partial charge in [-0.05, 0) is 127 Å². The number of aliphatic imine (C=N–C) groups is 1. The molecule has 9 rings (SSSR count). The molecule has 69 heavy (non-hydrogen) atoms. The van der Waals surface area contributed by atoms with Crippen LogP contribution in [0.2, 0.25) is 0 Å². The lowest BCUT2D eigenvalue weighted by Crippen LogP contribution is -2.44. The molecule has 13 heteroatoms. The van der Waals surface area contributed by atoms with Gasteiger partial charge in [-0.25, -0.2) is 0 Å². The van der Waals surface area contributed by atoms with Gasteiger partial charge in [0, 0.05) is 67.6 Å². The number of anilines is 1. The number of carbonyl (C=O) groups excluding carboxylic acids is 2. The third-order valence-corrected chi connectivity index (χ3v) is 13.7. The zero-order valence-corrected chi connectivity index (χ0v) is 41.4. The van der Waals surface area contributed by atoms with Crippen LogP contribution in [0.1, 0.15) is 85.5 Å². The molecule has 5 aromatic carbocycles. The first-order valence-electron chi connectivity index (χ1n) is 24.1. The molecule has 0 bridgehead atoms. The maximum atomic E-state index is 14.2. The Balaban J connectivity index is 0.968. The molecule has 12 nitrogen and oxygen atoms in total. The molecule has 2 amide bonds. The Morgan fingerprint density at radius 3 is 2.03 bits per heavy atom. The van der Waals surface area contributed by atoms with Gasteiger partial charge in [0.05, 0.1) is 57.4 Å². The predicted molar refractivity (Wildman–Crippen MR) is 272 cm³/mol. The molecule has 4 heterocycles. The van der Waals surface area contributed by atoms with Gasteiger partial charge in [0.1, 0.15) is 19.0 Å². The van der Waals surface area contributed by atoms with Gasteiger partial charge < -0.3 is 43.1 Å². The number of fused-ring (bicyclic) bond motifs is 6. The Kier molecular flexibility index (Phi) is 15.0. The molecule has 0 aliphatic carbocycles. The van der Waals surface area contributed by atoms with Gasteiger partial charge in [0.2, 0.25) is 0 Å². The average molecular weight is 953 g/mol. The van der Waals surface area contributed by atoms with Crippen LogP contribution in [0.4, 0.5) is 11.4 Å². The molecule has 0 unspecified atom stereocenters. The molecular weight excluding hydrogens is 889 g/mol. The molecule has 0 saturated heterocycles. The second kappa shape index (κ2) is 21.4. The highest BCUT2D eigenvalue weighted by atomic mass is 32.1. The Bertz CT molecular complexity index is 2700. The first-order chi connectivity index (χ1) is 33.4. The molecule has 0 saturated carbocycles. The van der Waals surface area contributed by atoms with Crippen molar-refractivity contribution in [1.82, 2.24) is 9.80 Å². The first kappa shape index (κ1) is 48.2. The second-order valence-electron chi connectivity index (χ2n) is 19.2. The van der Waals surface area contributed by atoms with E-state index in [0.29, 0.717) is 93.3 Å². The number of nitrogens with zero attached hydrogens (tertiary/aromatic N) is 4. The van der Waals surface area contributed by atoms with E-state index in [-0.39, 0.29) is 41.9 Å². The van der Waals surface area contributed by atoms with Gasteiger partial charge in [-0.15, -0.1) is 0 Å². The van der Waals surface area contributed by atoms with Crippen LogP contribution < -0.4 is 19.1 Å². The number of thiol groups is 1. The van der Waals surface area contributed by atoms with Crippen LogP contribution in [-0.2, 0) is 59.8 Å². The fourth-order valence-electron chi connectivity index (χ4n) is 9.99. The van der Waals surface area contributed by atoms with Crippen LogP contribution in [0, 0.1) is 6.92 Å². The highest BCUT2D eigenvalue weighted by Crippen LogP contribution is 2.39. The fourth-order valence-corrected chi connectivity index (χ4v) is 10.2. The van der Waals surface area contributed by atoms with E-state index in [9.17, 15) is 9.59 Å². The quantitative estimate of drug-likeness (QED) is 0.0640. The van der Waals surface area contributed by atoms with Crippen LogP contribution >= 0.6 is 12.6 Å². The van der Waals surface area contributed by atoms with Gasteiger partial charge >= 0.3 is 0 Å². The molecule has 2 atom stereocenters. The van der Waals surface area contributed by atoms with Gasteiger partial charge in [-0.1, -0.05) is 48.5 Å². The van der Waals surface area contributed by atoms with E-state index in [1.807, 2.05) is 65.4 Å². The normalized spacial score (nSPS) is 17.1. The van der Waals surface area contributed by atoms with Crippen LogP contribution in [0.15, 0.2) is 96.0 Å². The topological polar surface area (TPSA) is 112 Å². The van der Waals surface area contributed by atoms with E-state index in [1.165, 1.54) is 22.3 Å². The third kappa shape index (κ3) is 11.3. The summed E-state index contributed by atoms with van der Waals surface area (Å²) in [5.41, 5.74) is 11.4. The van der Waals surface area contributed by atoms with Crippen molar-refractivity contribution >= 4 is 42.0 Å². The molecule has 4 aliphatic heterocycles. The fraction of sp³-hybridized carbons (Fsp3) is 0.411. The standard InChI is InChI=1S/C56H64N4O8S/c1-37-22-49-50(57-31-47-27-41-11-7-9-13-44(41)33-60(47)55(49)62)30-51(37)67-34-38-23-39(25-46(24-38)58(36-56(2,3)69)16-17-65-20-21-66-19-18-63-4)35-68-53-28-42-14-15-45-26-40-10-6-8-12-43(40)32-59(45)54(61)48(42)29-52(53)64-5/h6-13,22-25,28-31,45,47,69H,14-21,26-27,32-36H2,1-5H3/t45-,47+/m1/s1. The van der Waals surface area contributed by atoms with E-state index >= 15 is 0 Å². The number of carbonyl (C=O) groups is 2.